The van der Waals surface area contributed by atoms with Crippen LogP contribution in [0, 0.1) is 11.7 Å². The molecule has 2 aromatic carbocycles. The van der Waals surface area contributed by atoms with Gasteiger partial charge in [-0.3, -0.25) is 29.1 Å². The van der Waals surface area contributed by atoms with E-state index < -0.39 is 29.5 Å². The van der Waals surface area contributed by atoms with Crippen LogP contribution in [-0.4, -0.2) is 108 Å². The molecule has 1 amide bonds. The van der Waals surface area contributed by atoms with Gasteiger partial charge < -0.3 is 19.9 Å². The average Bonchev–Trinajstić information content (AvgIpc) is 3.85. The third kappa shape index (κ3) is 7.74. The molecule has 4 fully saturated rings. The molecule has 7 rings (SSSR count). The molecule has 1 atom stereocenters. The van der Waals surface area contributed by atoms with E-state index in [0.29, 0.717) is 63.5 Å². The number of nitrogens with zero attached hydrogens (tertiary/aromatic N) is 3. The van der Waals surface area contributed by atoms with Gasteiger partial charge in [-0.15, -0.1) is 11.3 Å². The fraction of sp³-hybridized carbons (Fsp3) is 0.553. The van der Waals surface area contributed by atoms with Crippen molar-refractivity contribution >= 4 is 56.4 Å². The number of thiophene rings is 1. The second-order valence-corrected chi connectivity index (χ2v) is 15.5. The Bertz CT molecular complexity index is 1730. The van der Waals surface area contributed by atoms with Crippen molar-refractivity contribution in [3.63, 3.8) is 0 Å². The lowest BCUT2D eigenvalue weighted by molar-refractivity contribution is -0.260. The second kappa shape index (κ2) is 16.0. The molecule has 1 unspecified atom stereocenters. The summed E-state index contributed by atoms with van der Waals surface area (Å²) in [6.07, 6.45) is 5.07. The van der Waals surface area contributed by atoms with Crippen molar-refractivity contribution in [2.24, 2.45) is 5.92 Å². The number of anilines is 1. The zero-order chi connectivity index (χ0) is 35.5. The van der Waals surface area contributed by atoms with Crippen molar-refractivity contribution in [2.45, 2.75) is 75.8 Å². The average molecular weight is 741 g/mol. The minimum Gasteiger partial charge on any atom is -0.481 e. The number of rotatable bonds is 11. The van der Waals surface area contributed by atoms with Crippen LogP contribution in [0.5, 0.6) is 0 Å². The van der Waals surface area contributed by atoms with E-state index in [1.54, 1.807) is 5.38 Å². The highest BCUT2D eigenvalue weighted by Gasteiger charge is 2.53. The Morgan fingerprint density at radius 2 is 1.65 bits per heavy atom. The third-order valence-electron chi connectivity index (χ3n) is 11.2. The number of nitrogens with one attached hydrogen (secondary N) is 1. The molecule has 3 aliphatic heterocycles. The minimum absolute atomic E-state index is 0.132. The highest BCUT2D eigenvalue weighted by atomic mass is 35.5. The highest BCUT2D eigenvalue weighted by Crippen LogP contribution is 2.38. The van der Waals surface area contributed by atoms with Gasteiger partial charge in [0, 0.05) is 67.2 Å². The Hall–Kier alpha value is -2.97. The standard InChI is InChI=1S/C38H46ClFN4O6S/c39-31-21-26(32(40)23-33(31)41-36(46)30-24-51-34-6-2-1-5-29(30)34)22-35(45)38(43-13-3-4-14-43,50-28-9-7-25(8-10-28)37(47)48)44-15-11-27(12-16-44)42-17-19-49-20-18-42/h1-2,5-6,21,23-25,27-28H,3-4,7-20,22H2,(H,41,46)(H,47,48). The van der Waals surface area contributed by atoms with E-state index in [2.05, 4.69) is 20.0 Å². The maximum atomic E-state index is 16.0. The zero-order valence-electron chi connectivity index (χ0n) is 28.8. The number of likely N-dealkylation sites (tertiary alicyclic amines) is 2. The van der Waals surface area contributed by atoms with Crippen LogP contribution in [0.4, 0.5) is 10.1 Å². The number of morpholine rings is 1. The number of hydrogen-bond acceptors (Lipinski definition) is 9. The topological polar surface area (TPSA) is 112 Å². The summed E-state index contributed by atoms with van der Waals surface area (Å²) < 4.78 is 29.6. The van der Waals surface area contributed by atoms with E-state index in [4.69, 9.17) is 21.1 Å². The number of ketones is 1. The third-order valence-corrected chi connectivity index (χ3v) is 12.4. The minimum atomic E-state index is -1.42. The number of fused-ring (bicyclic) bond motifs is 1. The van der Waals surface area contributed by atoms with Crippen LogP contribution in [0.3, 0.4) is 0 Å². The van der Waals surface area contributed by atoms with Crippen molar-refractivity contribution in [1.29, 1.82) is 0 Å². The van der Waals surface area contributed by atoms with Crippen molar-refractivity contribution in [3.8, 4) is 0 Å². The molecular weight excluding hydrogens is 695 g/mol. The van der Waals surface area contributed by atoms with Gasteiger partial charge in [0.25, 0.3) is 5.91 Å². The van der Waals surface area contributed by atoms with Gasteiger partial charge in [-0.25, -0.2) is 4.39 Å². The smallest absolute Gasteiger partial charge is 0.306 e. The number of carbonyl (C=O) groups is 3. The number of carbonyl (C=O) groups excluding carboxylic acids is 2. The number of piperidine rings is 1. The maximum Gasteiger partial charge on any atom is 0.306 e. The van der Waals surface area contributed by atoms with E-state index >= 15 is 4.39 Å². The van der Waals surface area contributed by atoms with Crippen molar-refractivity contribution in [2.75, 3.05) is 57.8 Å². The van der Waals surface area contributed by atoms with E-state index in [1.807, 2.05) is 24.3 Å². The first-order chi connectivity index (χ1) is 24.7. The number of aliphatic carboxylic acids is 1. The van der Waals surface area contributed by atoms with E-state index in [0.717, 1.165) is 62.1 Å². The Kier molecular flexibility index (Phi) is 11.4. The summed E-state index contributed by atoms with van der Waals surface area (Å²) in [5, 5.41) is 15.1. The van der Waals surface area contributed by atoms with Gasteiger partial charge in [0.05, 0.1) is 41.5 Å². The fourth-order valence-corrected chi connectivity index (χ4v) is 9.55. The predicted octanol–water partition coefficient (Wildman–Crippen LogP) is 6.26. The molecule has 3 saturated heterocycles. The molecule has 13 heteroatoms. The van der Waals surface area contributed by atoms with E-state index in [-0.39, 0.29) is 34.6 Å². The van der Waals surface area contributed by atoms with E-state index in [9.17, 15) is 19.5 Å². The number of carboxylic acids is 1. The van der Waals surface area contributed by atoms with Gasteiger partial charge >= 0.3 is 5.97 Å². The van der Waals surface area contributed by atoms with Crippen LogP contribution in [0.15, 0.2) is 41.8 Å². The second-order valence-electron chi connectivity index (χ2n) is 14.2. The van der Waals surface area contributed by atoms with Gasteiger partial charge in [0.2, 0.25) is 5.85 Å². The molecule has 1 aliphatic carbocycles. The lowest BCUT2D eigenvalue weighted by Gasteiger charge is -2.52. The van der Waals surface area contributed by atoms with E-state index in [1.165, 1.54) is 23.5 Å². The molecular formula is C38H46ClFN4O6S. The van der Waals surface area contributed by atoms with Crippen LogP contribution >= 0.6 is 22.9 Å². The Morgan fingerprint density at radius 1 is 0.961 bits per heavy atom. The Balaban J connectivity index is 1.14. The van der Waals surface area contributed by atoms with Gasteiger partial charge in [0.1, 0.15) is 5.82 Å². The number of carboxylic acid groups (broad SMARTS) is 1. The fourth-order valence-electron chi connectivity index (χ4n) is 8.38. The number of halogens is 2. The Labute approximate surface area is 306 Å². The number of benzene rings is 2. The molecule has 0 spiro atoms. The molecule has 3 aromatic rings. The zero-order valence-corrected chi connectivity index (χ0v) is 30.4. The number of hydrogen-bond donors (Lipinski definition) is 2. The molecule has 274 valence electrons. The SMILES string of the molecule is O=C(Nc1cc(F)c(CC(=O)C(OC2CCC(C(=O)O)CC2)(N2CCCC2)N2CCC(N3CCOCC3)CC2)cc1Cl)c1csc2ccccc12. The predicted molar refractivity (Wildman–Crippen MR) is 195 cm³/mol. The van der Waals surface area contributed by atoms with Crippen molar-refractivity contribution in [1.82, 2.24) is 14.7 Å². The summed E-state index contributed by atoms with van der Waals surface area (Å²) >= 11 is 8.14. The normalized spacial score (nSPS) is 24.0. The van der Waals surface area contributed by atoms with Crippen LogP contribution in [0.25, 0.3) is 10.1 Å². The Morgan fingerprint density at radius 3 is 2.35 bits per heavy atom. The van der Waals surface area contributed by atoms with Crippen LogP contribution in [0.1, 0.15) is 67.3 Å². The molecule has 10 nitrogen and oxygen atoms in total. The maximum absolute atomic E-state index is 16.0. The summed E-state index contributed by atoms with van der Waals surface area (Å²) in [5.74, 6) is -3.92. The first-order valence-corrected chi connectivity index (χ1v) is 19.5. The molecule has 1 aromatic heterocycles. The van der Waals surface area contributed by atoms with Gasteiger partial charge in [0.15, 0.2) is 5.78 Å². The molecule has 4 heterocycles. The van der Waals surface area contributed by atoms with Crippen LogP contribution < -0.4 is 5.32 Å². The number of amides is 1. The van der Waals surface area contributed by atoms with Gasteiger partial charge in [-0.05, 0) is 75.1 Å². The van der Waals surface area contributed by atoms with Crippen LogP contribution in [-0.2, 0) is 25.5 Å². The molecule has 1 saturated carbocycles. The molecule has 4 aliphatic rings. The molecule has 0 radical (unpaired) electrons. The number of ether oxygens (including phenoxy) is 2. The quantitative estimate of drug-likeness (QED) is 0.235. The van der Waals surface area contributed by atoms with Crippen molar-refractivity contribution in [3.05, 3.63) is 63.7 Å². The van der Waals surface area contributed by atoms with Crippen LogP contribution in [0.2, 0.25) is 5.02 Å². The van der Waals surface area contributed by atoms with Crippen molar-refractivity contribution < 1.29 is 33.4 Å². The summed E-state index contributed by atoms with van der Waals surface area (Å²) in [6, 6.07) is 10.6. The van der Waals surface area contributed by atoms with Gasteiger partial charge in [-0.2, -0.15) is 0 Å². The molecule has 0 bridgehead atoms. The summed E-state index contributed by atoms with van der Waals surface area (Å²) in [5.41, 5.74) is 0.746. The lowest BCUT2D eigenvalue weighted by Crippen LogP contribution is -2.69. The first-order valence-electron chi connectivity index (χ1n) is 18.2. The summed E-state index contributed by atoms with van der Waals surface area (Å²) in [4.78, 5) is 46.7. The molecule has 2 N–H and O–H groups in total. The highest BCUT2D eigenvalue weighted by molar-refractivity contribution is 7.17. The first kappa shape index (κ1) is 36.4. The number of Topliss-reactive ketones (excluding diaryl/α,β-unsaturated/α-hetero) is 1. The lowest BCUT2D eigenvalue weighted by atomic mass is 9.87. The summed E-state index contributed by atoms with van der Waals surface area (Å²) in [7, 11) is 0. The van der Waals surface area contributed by atoms with Gasteiger partial charge in [-0.1, -0.05) is 29.8 Å². The monoisotopic (exact) mass is 740 g/mol. The molecule has 51 heavy (non-hydrogen) atoms. The largest absolute Gasteiger partial charge is 0.481 e. The summed E-state index contributed by atoms with van der Waals surface area (Å²) in [6.45, 7) is 5.85.